The molecule has 1 aromatic heterocycles. The van der Waals surface area contributed by atoms with Crippen molar-refractivity contribution in [3.63, 3.8) is 0 Å². The Morgan fingerprint density at radius 3 is 1.74 bits per heavy atom. The molecule has 0 saturated carbocycles. The van der Waals surface area contributed by atoms with Crippen LogP contribution in [-0.4, -0.2) is 10.4 Å². The number of hydrazine groups is 2. The minimum atomic E-state index is 0.402. The average Bonchev–Trinajstić information content (AvgIpc) is 3.53. The quantitative estimate of drug-likeness (QED) is 0.0716. The van der Waals surface area contributed by atoms with Gasteiger partial charge in [0.15, 0.2) is 5.00 Å². The number of azo groups is 1. The van der Waals surface area contributed by atoms with Crippen molar-refractivity contribution in [2.75, 3.05) is 27.0 Å². The lowest BCUT2D eigenvalue weighted by Gasteiger charge is -2.19. The van der Waals surface area contributed by atoms with Crippen LogP contribution in [0.3, 0.4) is 0 Å². The van der Waals surface area contributed by atoms with Crippen molar-refractivity contribution in [3.8, 4) is 0 Å². The first-order chi connectivity index (χ1) is 23.1. The van der Waals surface area contributed by atoms with Gasteiger partial charge in [-0.25, -0.2) is 0 Å². The van der Waals surface area contributed by atoms with Crippen molar-refractivity contribution in [1.29, 1.82) is 0 Å². The Morgan fingerprint density at radius 2 is 1.15 bits per heavy atom. The predicted molar refractivity (Wildman–Crippen MR) is 201 cm³/mol. The average molecular weight is 637 g/mol. The molecule has 0 aliphatic heterocycles. The Kier molecular flexibility index (Phi) is 8.53. The van der Waals surface area contributed by atoms with Gasteiger partial charge < -0.3 is 27.0 Å². The molecule has 6 aromatic carbocycles. The van der Waals surface area contributed by atoms with Gasteiger partial charge in [-0.15, -0.1) is 10.2 Å². The second kappa shape index (κ2) is 13.4. The van der Waals surface area contributed by atoms with Crippen LogP contribution in [0.1, 0.15) is 25.8 Å². The molecule has 0 bridgehead atoms. The van der Waals surface area contributed by atoms with Gasteiger partial charge in [-0.1, -0.05) is 67.6 Å². The summed E-state index contributed by atoms with van der Waals surface area (Å²) < 4.78 is 4.46. The first kappa shape index (κ1) is 30.0. The van der Waals surface area contributed by atoms with E-state index in [1.54, 1.807) is 0 Å². The van der Waals surface area contributed by atoms with Crippen LogP contribution in [-0.2, 0) is 0 Å². The minimum Gasteiger partial charge on any atom is -0.382 e. The topological polar surface area (TPSA) is 97.8 Å². The summed E-state index contributed by atoms with van der Waals surface area (Å²) in [5.74, 6) is 0. The molecule has 7 aromatic rings. The highest BCUT2D eigenvalue weighted by Crippen LogP contribution is 2.35. The molecule has 47 heavy (non-hydrogen) atoms. The molecule has 0 saturated heterocycles. The number of nitrogens with one attached hydrogen (secondary N) is 5. The monoisotopic (exact) mass is 636 g/mol. The van der Waals surface area contributed by atoms with Crippen molar-refractivity contribution in [3.05, 3.63) is 121 Å². The van der Waals surface area contributed by atoms with Crippen LogP contribution in [0.4, 0.5) is 39.1 Å². The molecular formula is C38H36N8S. The molecule has 8 nitrogen and oxygen atoms in total. The van der Waals surface area contributed by atoms with E-state index in [-0.39, 0.29) is 0 Å². The fourth-order valence-electron chi connectivity index (χ4n) is 5.59. The molecule has 0 aliphatic carbocycles. The van der Waals surface area contributed by atoms with Gasteiger partial charge >= 0.3 is 0 Å². The summed E-state index contributed by atoms with van der Waals surface area (Å²) in [4.78, 5) is 0. The third-order valence-electron chi connectivity index (χ3n) is 8.35. The maximum absolute atomic E-state index is 4.51. The molecule has 0 fully saturated rings. The van der Waals surface area contributed by atoms with Gasteiger partial charge in [-0.05, 0) is 92.0 Å². The Hall–Kier alpha value is -5.67. The summed E-state index contributed by atoms with van der Waals surface area (Å²) in [6, 6.07) is 39.7. The number of aryl methyl sites for hydroxylation is 1. The number of hydrogen-bond donors (Lipinski definition) is 5. The lowest BCUT2D eigenvalue weighted by molar-refractivity contribution is 0.765. The number of rotatable bonds is 11. The molecule has 0 radical (unpaired) electrons. The van der Waals surface area contributed by atoms with Crippen molar-refractivity contribution in [2.24, 2.45) is 10.2 Å². The van der Waals surface area contributed by atoms with Crippen LogP contribution >= 0.6 is 11.5 Å². The van der Waals surface area contributed by atoms with Crippen LogP contribution in [0, 0.1) is 6.92 Å². The van der Waals surface area contributed by atoms with Gasteiger partial charge in [-0.3, -0.25) is 0 Å². The number of benzene rings is 6. The second-order valence-corrected chi connectivity index (χ2v) is 12.3. The van der Waals surface area contributed by atoms with E-state index in [1.165, 1.54) is 16.9 Å². The molecule has 234 valence electrons. The lowest BCUT2D eigenvalue weighted by atomic mass is 10.1. The number of hydrogen-bond acceptors (Lipinski definition) is 9. The number of anilines is 5. The Balaban J connectivity index is 1.06. The fourth-order valence-corrected chi connectivity index (χ4v) is 6.28. The van der Waals surface area contributed by atoms with E-state index in [4.69, 9.17) is 0 Å². The molecule has 1 atom stereocenters. The Morgan fingerprint density at radius 1 is 0.617 bits per heavy atom. The molecule has 7 rings (SSSR count). The van der Waals surface area contributed by atoms with Crippen molar-refractivity contribution >= 4 is 83.1 Å². The first-order valence-electron chi connectivity index (χ1n) is 15.8. The van der Waals surface area contributed by atoms with E-state index in [0.717, 1.165) is 78.2 Å². The predicted octanol–water partition coefficient (Wildman–Crippen LogP) is 11.4. The normalized spacial score (nSPS) is 12.1. The minimum absolute atomic E-state index is 0.402. The van der Waals surface area contributed by atoms with Gasteiger partial charge in [0.2, 0.25) is 0 Å². The molecule has 1 unspecified atom stereocenters. The number of nitrogens with zero attached hydrogens (tertiary/aromatic N) is 3. The zero-order valence-corrected chi connectivity index (χ0v) is 27.3. The maximum Gasteiger partial charge on any atom is 0.166 e. The van der Waals surface area contributed by atoms with Crippen molar-refractivity contribution in [1.82, 2.24) is 4.37 Å². The molecule has 5 N–H and O–H groups in total. The Labute approximate surface area is 278 Å². The van der Waals surface area contributed by atoms with Crippen molar-refractivity contribution < 1.29 is 0 Å². The number of fused-ring (bicyclic) bond motifs is 3. The first-order valence-corrected chi connectivity index (χ1v) is 16.6. The molecular weight excluding hydrogens is 601 g/mol. The Bertz CT molecular complexity index is 2220. The zero-order valence-electron chi connectivity index (χ0n) is 26.5. The van der Waals surface area contributed by atoms with Gasteiger partial charge in [0.25, 0.3) is 0 Å². The number of aromatic nitrogens is 1. The molecule has 0 spiro atoms. The maximum atomic E-state index is 4.51. The second-order valence-electron chi connectivity index (χ2n) is 11.6. The largest absolute Gasteiger partial charge is 0.382 e. The highest BCUT2D eigenvalue weighted by molar-refractivity contribution is 7.11. The summed E-state index contributed by atoms with van der Waals surface area (Å²) in [6.45, 7) is 6.44. The van der Waals surface area contributed by atoms with Gasteiger partial charge in [0, 0.05) is 38.7 Å². The molecule has 1 heterocycles. The van der Waals surface area contributed by atoms with Crippen LogP contribution in [0.15, 0.2) is 125 Å². The molecule has 9 heteroatoms. The smallest absolute Gasteiger partial charge is 0.166 e. The van der Waals surface area contributed by atoms with E-state index in [2.05, 4.69) is 134 Å². The van der Waals surface area contributed by atoms with E-state index in [9.17, 15) is 0 Å². The highest BCUT2D eigenvalue weighted by Gasteiger charge is 2.10. The lowest BCUT2D eigenvalue weighted by Crippen LogP contribution is -2.14. The van der Waals surface area contributed by atoms with Crippen LogP contribution < -0.4 is 27.0 Å². The standard InChI is InChI=1S/C38H36N8S/c1-4-25(3)39-33-19-20-35(28-12-6-5-11-27(28)33)43-44-36-22-21-34(29-13-7-8-14-30(29)36)42-40-26-17-18-32(24(2)23-26)41-45-38-31-15-9-10-16-37(31)46-47-38/h5-23,25,39-40,42-44H,4H2,1-3H3/b45-41+. The molecule has 0 amide bonds. The fraction of sp³-hybridized carbons (Fsp3) is 0.132. The van der Waals surface area contributed by atoms with Gasteiger partial charge in [0.1, 0.15) is 0 Å². The van der Waals surface area contributed by atoms with Crippen LogP contribution in [0.5, 0.6) is 0 Å². The van der Waals surface area contributed by atoms with Crippen molar-refractivity contribution in [2.45, 2.75) is 33.2 Å². The summed E-state index contributed by atoms with van der Waals surface area (Å²) in [5, 5.41) is 19.0. The molecule has 0 aliphatic rings. The van der Waals surface area contributed by atoms with E-state index in [1.807, 2.05) is 43.3 Å². The third kappa shape index (κ3) is 6.39. The highest BCUT2D eigenvalue weighted by atomic mass is 32.1. The van der Waals surface area contributed by atoms with Gasteiger partial charge in [-0.2, -0.15) is 4.37 Å². The van der Waals surface area contributed by atoms with Crippen LogP contribution in [0.2, 0.25) is 0 Å². The van der Waals surface area contributed by atoms with E-state index in [0.29, 0.717) is 6.04 Å². The third-order valence-corrected chi connectivity index (χ3v) is 9.11. The SMILES string of the molecule is CCC(C)Nc1ccc(NNc2ccc(NNc3ccc(/N=N/c4snc5ccccc45)c(C)c3)c3ccccc23)c2ccccc12. The van der Waals surface area contributed by atoms with Gasteiger partial charge in [0.05, 0.1) is 34.0 Å². The van der Waals surface area contributed by atoms with E-state index >= 15 is 0 Å². The zero-order chi connectivity index (χ0) is 32.2. The van der Waals surface area contributed by atoms with E-state index < -0.39 is 0 Å². The summed E-state index contributed by atoms with van der Waals surface area (Å²) in [6.07, 6.45) is 1.06. The summed E-state index contributed by atoms with van der Waals surface area (Å²) in [7, 11) is 0. The summed E-state index contributed by atoms with van der Waals surface area (Å²) in [5.41, 5.74) is 21.5. The summed E-state index contributed by atoms with van der Waals surface area (Å²) >= 11 is 1.36. The van der Waals surface area contributed by atoms with Crippen LogP contribution in [0.25, 0.3) is 32.4 Å².